The lowest BCUT2D eigenvalue weighted by Gasteiger charge is -2.27. The van der Waals surface area contributed by atoms with Crippen LogP contribution in [0, 0.1) is 18.8 Å². The van der Waals surface area contributed by atoms with E-state index in [1.807, 2.05) is 25.1 Å². The maximum absolute atomic E-state index is 11.8. The van der Waals surface area contributed by atoms with Crippen molar-refractivity contribution in [2.75, 3.05) is 19.0 Å². The Morgan fingerprint density at radius 1 is 1.40 bits per heavy atom. The molecule has 20 heavy (non-hydrogen) atoms. The average molecular weight is 275 g/mol. The number of hydrogen-bond acceptors (Lipinski definition) is 3. The summed E-state index contributed by atoms with van der Waals surface area (Å²) in [6.07, 6.45) is 5.25. The first-order valence-electron chi connectivity index (χ1n) is 7.53. The van der Waals surface area contributed by atoms with Gasteiger partial charge in [0.2, 0.25) is 0 Å². The van der Waals surface area contributed by atoms with Crippen molar-refractivity contribution in [3.63, 3.8) is 0 Å². The quantitative estimate of drug-likeness (QED) is 0.843. The highest BCUT2D eigenvalue weighted by Crippen LogP contribution is 2.29. The topological polar surface area (TPSA) is 38.3 Å². The largest absolute Gasteiger partial charge is 0.465 e. The van der Waals surface area contributed by atoms with Crippen LogP contribution in [-0.4, -0.2) is 19.6 Å². The zero-order valence-electron chi connectivity index (χ0n) is 12.7. The number of rotatable bonds is 4. The van der Waals surface area contributed by atoms with Gasteiger partial charge in [0, 0.05) is 12.2 Å². The Morgan fingerprint density at radius 3 is 2.90 bits per heavy atom. The molecule has 1 aliphatic carbocycles. The molecule has 0 amide bonds. The van der Waals surface area contributed by atoms with Gasteiger partial charge >= 0.3 is 5.97 Å². The van der Waals surface area contributed by atoms with E-state index in [2.05, 4.69) is 12.2 Å². The molecule has 0 aromatic heterocycles. The third-order valence-electron chi connectivity index (χ3n) is 4.21. The van der Waals surface area contributed by atoms with Crippen molar-refractivity contribution in [2.24, 2.45) is 11.8 Å². The summed E-state index contributed by atoms with van der Waals surface area (Å²) < 4.78 is 4.86. The van der Waals surface area contributed by atoms with Crippen LogP contribution in [0.25, 0.3) is 0 Å². The molecule has 3 nitrogen and oxygen atoms in total. The summed E-state index contributed by atoms with van der Waals surface area (Å²) in [4.78, 5) is 11.8. The molecule has 2 unspecified atom stereocenters. The van der Waals surface area contributed by atoms with Gasteiger partial charge in [0.25, 0.3) is 0 Å². The Bertz CT molecular complexity index is 470. The van der Waals surface area contributed by atoms with Crippen LogP contribution in [0.3, 0.4) is 0 Å². The second kappa shape index (κ2) is 6.78. The summed E-state index contributed by atoms with van der Waals surface area (Å²) >= 11 is 0. The van der Waals surface area contributed by atoms with Gasteiger partial charge in [0.1, 0.15) is 0 Å². The molecule has 0 spiro atoms. The number of hydrogen-bond donors (Lipinski definition) is 1. The second-order valence-corrected chi connectivity index (χ2v) is 6.06. The minimum atomic E-state index is -0.270. The molecule has 0 saturated heterocycles. The summed E-state index contributed by atoms with van der Waals surface area (Å²) in [5.74, 6) is 1.27. The summed E-state index contributed by atoms with van der Waals surface area (Å²) in [7, 11) is 1.43. The predicted molar refractivity (Wildman–Crippen MR) is 82.1 cm³/mol. The molecule has 0 aliphatic heterocycles. The molecule has 0 bridgehead atoms. The van der Waals surface area contributed by atoms with E-state index in [0.717, 1.165) is 23.7 Å². The monoisotopic (exact) mass is 275 g/mol. The maximum atomic E-state index is 11.8. The first kappa shape index (κ1) is 14.9. The Morgan fingerprint density at radius 2 is 2.20 bits per heavy atom. The molecule has 1 N–H and O–H groups in total. The Kier molecular flexibility index (Phi) is 5.05. The van der Waals surface area contributed by atoms with Gasteiger partial charge < -0.3 is 10.1 Å². The molecule has 0 heterocycles. The second-order valence-electron chi connectivity index (χ2n) is 6.06. The molecule has 1 aliphatic rings. The van der Waals surface area contributed by atoms with E-state index in [4.69, 9.17) is 4.74 Å². The number of aryl methyl sites for hydroxylation is 1. The smallest absolute Gasteiger partial charge is 0.339 e. The van der Waals surface area contributed by atoms with Crippen molar-refractivity contribution in [2.45, 2.75) is 39.5 Å². The van der Waals surface area contributed by atoms with Crippen LogP contribution in [0.4, 0.5) is 5.69 Å². The van der Waals surface area contributed by atoms with Gasteiger partial charge in [-0.1, -0.05) is 31.4 Å². The molecule has 1 fully saturated rings. The number of methoxy groups -OCH3 is 1. The van der Waals surface area contributed by atoms with E-state index in [1.165, 1.54) is 32.8 Å². The normalized spacial score (nSPS) is 22.4. The SMILES string of the molecule is COC(=O)c1cc(C)ccc1NCC1CCCC(C)C1. The van der Waals surface area contributed by atoms with Crippen LogP contribution in [0.5, 0.6) is 0 Å². The van der Waals surface area contributed by atoms with E-state index < -0.39 is 0 Å². The van der Waals surface area contributed by atoms with Crippen molar-refractivity contribution in [3.8, 4) is 0 Å². The van der Waals surface area contributed by atoms with Crippen LogP contribution in [0.15, 0.2) is 18.2 Å². The maximum Gasteiger partial charge on any atom is 0.339 e. The molecule has 1 aromatic carbocycles. The van der Waals surface area contributed by atoms with Gasteiger partial charge in [-0.05, 0) is 43.7 Å². The third kappa shape index (κ3) is 3.75. The van der Waals surface area contributed by atoms with Gasteiger partial charge in [0.05, 0.1) is 12.7 Å². The van der Waals surface area contributed by atoms with Crippen molar-refractivity contribution in [3.05, 3.63) is 29.3 Å². The van der Waals surface area contributed by atoms with Crippen molar-refractivity contribution < 1.29 is 9.53 Å². The van der Waals surface area contributed by atoms with E-state index >= 15 is 0 Å². The highest BCUT2D eigenvalue weighted by atomic mass is 16.5. The van der Waals surface area contributed by atoms with E-state index in [9.17, 15) is 4.79 Å². The number of anilines is 1. The standard InChI is InChI=1S/C17H25NO2/c1-12-5-4-6-14(9-12)11-18-16-8-7-13(2)10-15(16)17(19)20-3/h7-8,10,12,14,18H,4-6,9,11H2,1-3H3. The number of carbonyl (C=O) groups excluding carboxylic acids is 1. The fourth-order valence-corrected chi connectivity index (χ4v) is 3.09. The highest BCUT2D eigenvalue weighted by Gasteiger charge is 2.19. The number of ether oxygens (including phenoxy) is 1. The Labute approximate surface area is 121 Å². The lowest BCUT2D eigenvalue weighted by atomic mass is 9.82. The number of carbonyl (C=O) groups is 1. The first-order chi connectivity index (χ1) is 9.60. The number of nitrogens with one attached hydrogen (secondary N) is 1. The highest BCUT2D eigenvalue weighted by molar-refractivity contribution is 5.95. The van der Waals surface area contributed by atoms with Gasteiger partial charge in [-0.15, -0.1) is 0 Å². The fraction of sp³-hybridized carbons (Fsp3) is 0.588. The zero-order valence-corrected chi connectivity index (χ0v) is 12.7. The van der Waals surface area contributed by atoms with E-state index in [1.54, 1.807) is 0 Å². The van der Waals surface area contributed by atoms with Crippen molar-refractivity contribution >= 4 is 11.7 Å². The molecule has 2 rings (SSSR count). The Balaban J connectivity index is 2.03. The lowest BCUT2D eigenvalue weighted by Crippen LogP contribution is -2.22. The average Bonchev–Trinajstić information content (AvgIpc) is 2.45. The zero-order chi connectivity index (χ0) is 14.5. The molecule has 2 atom stereocenters. The summed E-state index contributed by atoms with van der Waals surface area (Å²) in [5.41, 5.74) is 2.60. The van der Waals surface area contributed by atoms with Crippen LogP contribution in [-0.2, 0) is 4.74 Å². The molecule has 3 heteroatoms. The molecular formula is C17H25NO2. The minimum Gasteiger partial charge on any atom is -0.465 e. The van der Waals surface area contributed by atoms with E-state index in [0.29, 0.717) is 11.5 Å². The minimum absolute atomic E-state index is 0.270. The summed E-state index contributed by atoms with van der Waals surface area (Å²) in [6, 6.07) is 5.89. The van der Waals surface area contributed by atoms with Crippen LogP contribution in [0.2, 0.25) is 0 Å². The molecule has 1 saturated carbocycles. The van der Waals surface area contributed by atoms with Crippen LogP contribution < -0.4 is 5.32 Å². The lowest BCUT2D eigenvalue weighted by molar-refractivity contribution is 0.0601. The number of benzene rings is 1. The van der Waals surface area contributed by atoms with Gasteiger partial charge in [-0.25, -0.2) is 4.79 Å². The third-order valence-corrected chi connectivity index (χ3v) is 4.21. The molecule has 1 aromatic rings. The first-order valence-corrected chi connectivity index (χ1v) is 7.53. The predicted octanol–water partition coefficient (Wildman–Crippen LogP) is 4.02. The molecule has 110 valence electrons. The van der Waals surface area contributed by atoms with Crippen molar-refractivity contribution in [1.82, 2.24) is 0 Å². The summed E-state index contributed by atoms with van der Waals surface area (Å²) in [6.45, 7) is 5.26. The Hall–Kier alpha value is -1.51. The van der Waals surface area contributed by atoms with Crippen molar-refractivity contribution in [1.29, 1.82) is 0 Å². The van der Waals surface area contributed by atoms with Crippen LogP contribution >= 0.6 is 0 Å². The van der Waals surface area contributed by atoms with Gasteiger partial charge in [-0.2, -0.15) is 0 Å². The van der Waals surface area contributed by atoms with Crippen LogP contribution in [0.1, 0.15) is 48.5 Å². The molecule has 0 radical (unpaired) electrons. The van der Waals surface area contributed by atoms with Gasteiger partial charge in [0.15, 0.2) is 0 Å². The van der Waals surface area contributed by atoms with Gasteiger partial charge in [-0.3, -0.25) is 0 Å². The summed E-state index contributed by atoms with van der Waals surface area (Å²) in [5, 5.41) is 3.45. The number of esters is 1. The fourth-order valence-electron chi connectivity index (χ4n) is 3.09. The molecular weight excluding hydrogens is 250 g/mol. The van der Waals surface area contributed by atoms with E-state index in [-0.39, 0.29) is 5.97 Å².